The Kier molecular flexibility index (Phi) is 2.99. The van der Waals surface area contributed by atoms with Crippen LogP contribution >= 0.6 is 0 Å². The highest BCUT2D eigenvalue weighted by Crippen LogP contribution is 2.52. The van der Waals surface area contributed by atoms with Crippen LogP contribution in [0.4, 0.5) is 0 Å². The zero-order valence-electron chi connectivity index (χ0n) is 13.6. The van der Waals surface area contributed by atoms with Crippen molar-refractivity contribution in [2.75, 3.05) is 19.6 Å². The van der Waals surface area contributed by atoms with Gasteiger partial charge in [0.05, 0.1) is 11.8 Å². The number of imide groups is 1. The molecule has 2 saturated carbocycles. The average Bonchev–Trinajstić information content (AvgIpc) is 3.33. The third-order valence-electron chi connectivity index (χ3n) is 7.12. The maximum atomic E-state index is 12.7. The fourth-order valence-corrected chi connectivity index (χ4v) is 5.87. The summed E-state index contributed by atoms with van der Waals surface area (Å²) in [7, 11) is 0. The molecule has 6 nitrogen and oxygen atoms in total. The number of hydrogen-bond donors (Lipinski definition) is 1. The van der Waals surface area contributed by atoms with Crippen LogP contribution in [0.3, 0.4) is 0 Å². The molecule has 2 heterocycles. The van der Waals surface area contributed by atoms with Crippen molar-refractivity contribution in [1.29, 1.82) is 0 Å². The highest BCUT2D eigenvalue weighted by Gasteiger charge is 2.59. The number of fused-ring (bicyclic) bond motifs is 6. The van der Waals surface area contributed by atoms with Crippen LogP contribution in [0.2, 0.25) is 0 Å². The summed E-state index contributed by atoms with van der Waals surface area (Å²) in [4.78, 5) is 41.0. The smallest absolute Gasteiger partial charge is 0.242 e. The standard InChI is InChI=1S/C18H23N3O3/c19-13-4-3-11-6-20(7-12(11)13)14(22)8-21-17(23)15-9-1-2-10(5-9)16(15)18(21)24/h1-2,9-13,15-16H,3-8,19H2. The number of carbonyl (C=O) groups excluding carboxylic acids is 3. The lowest BCUT2D eigenvalue weighted by Gasteiger charge is -2.22. The fraction of sp³-hybridized carbons (Fsp3) is 0.722. The monoisotopic (exact) mass is 329 g/mol. The van der Waals surface area contributed by atoms with Crippen molar-refractivity contribution in [3.05, 3.63) is 12.2 Å². The molecule has 0 spiro atoms. The van der Waals surface area contributed by atoms with E-state index >= 15 is 0 Å². The van der Waals surface area contributed by atoms with Gasteiger partial charge in [0.1, 0.15) is 6.54 Å². The zero-order valence-corrected chi connectivity index (χ0v) is 13.6. The maximum Gasteiger partial charge on any atom is 0.242 e. The van der Waals surface area contributed by atoms with Gasteiger partial charge in [-0.25, -0.2) is 0 Å². The third kappa shape index (κ3) is 1.83. The van der Waals surface area contributed by atoms with Gasteiger partial charge in [0.25, 0.3) is 0 Å². The van der Waals surface area contributed by atoms with Gasteiger partial charge in [0.15, 0.2) is 0 Å². The molecular formula is C18H23N3O3. The Labute approximate surface area is 141 Å². The summed E-state index contributed by atoms with van der Waals surface area (Å²) in [6.45, 7) is 1.33. The lowest BCUT2D eigenvalue weighted by atomic mass is 9.85. The van der Waals surface area contributed by atoms with E-state index in [1.54, 1.807) is 0 Å². The highest BCUT2D eigenvalue weighted by molar-refractivity contribution is 6.08. The first kappa shape index (κ1) is 14.6. The number of carbonyl (C=O) groups is 3. The van der Waals surface area contributed by atoms with E-state index in [0.717, 1.165) is 25.8 Å². The van der Waals surface area contributed by atoms with Crippen LogP contribution in [0.5, 0.6) is 0 Å². The minimum atomic E-state index is -0.216. The predicted octanol–water partition coefficient (Wildman–Crippen LogP) is -0.0108. The van der Waals surface area contributed by atoms with Crippen molar-refractivity contribution in [1.82, 2.24) is 9.80 Å². The quantitative estimate of drug-likeness (QED) is 0.570. The molecule has 4 fully saturated rings. The summed E-state index contributed by atoms with van der Waals surface area (Å²) in [5.41, 5.74) is 6.13. The van der Waals surface area contributed by atoms with Gasteiger partial charge in [-0.05, 0) is 42.9 Å². The van der Waals surface area contributed by atoms with Gasteiger partial charge in [-0.15, -0.1) is 0 Å². The second-order valence-corrected chi connectivity index (χ2v) is 8.23. The van der Waals surface area contributed by atoms with Gasteiger partial charge in [-0.2, -0.15) is 0 Å². The molecule has 3 aliphatic carbocycles. The van der Waals surface area contributed by atoms with Crippen molar-refractivity contribution < 1.29 is 14.4 Å². The zero-order chi connectivity index (χ0) is 16.6. The third-order valence-corrected chi connectivity index (χ3v) is 7.12. The Hall–Kier alpha value is -1.69. The van der Waals surface area contributed by atoms with Crippen LogP contribution < -0.4 is 5.73 Å². The van der Waals surface area contributed by atoms with E-state index in [1.807, 2.05) is 4.90 Å². The highest BCUT2D eigenvalue weighted by atomic mass is 16.2. The first-order valence-corrected chi connectivity index (χ1v) is 9.11. The minimum Gasteiger partial charge on any atom is -0.341 e. The van der Waals surface area contributed by atoms with E-state index in [0.29, 0.717) is 18.4 Å². The molecule has 2 saturated heterocycles. The van der Waals surface area contributed by atoms with E-state index in [-0.39, 0.29) is 54.0 Å². The van der Waals surface area contributed by atoms with Gasteiger partial charge in [0, 0.05) is 19.1 Å². The molecule has 5 rings (SSSR count). The van der Waals surface area contributed by atoms with Crippen LogP contribution in [0.25, 0.3) is 0 Å². The Morgan fingerprint density at radius 3 is 2.38 bits per heavy atom. The number of amides is 3. The van der Waals surface area contributed by atoms with E-state index in [9.17, 15) is 14.4 Å². The molecule has 0 aromatic heterocycles. The molecule has 7 atom stereocenters. The van der Waals surface area contributed by atoms with Crippen LogP contribution in [-0.2, 0) is 14.4 Å². The molecule has 24 heavy (non-hydrogen) atoms. The summed E-state index contributed by atoms with van der Waals surface area (Å²) >= 11 is 0. The Morgan fingerprint density at radius 2 is 1.75 bits per heavy atom. The van der Waals surface area contributed by atoms with Crippen LogP contribution in [0.15, 0.2) is 12.2 Å². The molecule has 0 radical (unpaired) electrons. The van der Waals surface area contributed by atoms with E-state index in [2.05, 4.69) is 12.2 Å². The lowest BCUT2D eigenvalue weighted by molar-refractivity contribution is -0.146. The van der Waals surface area contributed by atoms with Crippen molar-refractivity contribution >= 4 is 17.7 Å². The largest absolute Gasteiger partial charge is 0.341 e. The van der Waals surface area contributed by atoms with E-state index in [1.165, 1.54) is 4.90 Å². The number of nitrogens with two attached hydrogens (primary N) is 1. The molecule has 2 bridgehead atoms. The Balaban J connectivity index is 1.28. The molecular weight excluding hydrogens is 306 g/mol. The first-order chi connectivity index (χ1) is 11.5. The normalized spacial score (nSPS) is 45.5. The summed E-state index contributed by atoms with van der Waals surface area (Å²) in [6, 6.07) is 0.184. The fourth-order valence-electron chi connectivity index (χ4n) is 5.87. The van der Waals surface area contributed by atoms with Crippen molar-refractivity contribution in [2.45, 2.75) is 25.3 Å². The van der Waals surface area contributed by atoms with Crippen molar-refractivity contribution in [3.8, 4) is 0 Å². The van der Waals surface area contributed by atoms with Gasteiger partial charge in [0.2, 0.25) is 17.7 Å². The Morgan fingerprint density at radius 1 is 1.08 bits per heavy atom. The Bertz CT molecular complexity index is 630. The van der Waals surface area contributed by atoms with Crippen molar-refractivity contribution in [2.24, 2.45) is 41.2 Å². The number of allylic oxidation sites excluding steroid dienone is 2. The molecule has 2 aliphatic heterocycles. The van der Waals surface area contributed by atoms with Gasteiger partial charge in [-0.1, -0.05) is 12.2 Å². The van der Waals surface area contributed by atoms with E-state index in [4.69, 9.17) is 5.73 Å². The molecule has 128 valence electrons. The second kappa shape index (κ2) is 4.91. The molecule has 0 aromatic rings. The summed E-state index contributed by atoms with van der Waals surface area (Å²) < 4.78 is 0. The SMILES string of the molecule is NC1CCC2CN(C(=O)CN3C(=O)C4C5C=CC(C5)C4C3=O)CC12. The second-order valence-electron chi connectivity index (χ2n) is 8.23. The van der Waals surface area contributed by atoms with Gasteiger partial charge >= 0.3 is 0 Å². The minimum absolute atomic E-state index is 0.0845. The first-order valence-electron chi connectivity index (χ1n) is 9.11. The number of rotatable bonds is 2. The molecule has 5 aliphatic rings. The van der Waals surface area contributed by atoms with E-state index < -0.39 is 0 Å². The molecule has 2 N–H and O–H groups in total. The average molecular weight is 329 g/mol. The van der Waals surface area contributed by atoms with Gasteiger partial charge in [-0.3, -0.25) is 19.3 Å². The number of likely N-dealkylation sites (tertiary alicyclic amines) is 2. The summed E-state index contributed by atoms with van der Waals surface area (Å²) in [6.07, 6.45) is 7.19. The molecule has 6 heteroatoms. The topological polar surface area (TPSA) is 83.7 Å². The van der Waals surface area contributed by atoms with Gasteiger partial charge < -0.3 is 10.6 Å². The summed E-state index contributed by atoms with van der Waals surface area (Å²) in [5, 5.41) is 0. The lowest BCUT2D eigenvalue weighted by Crippen LogP contribution is -2.43. The van der Waals surface area contributed by atoms with Crippen LogP contribution in [0, 0.1) is 35.5 Å². The van der Waals surface area contributed by atoms with Crippen LogP contribution in [0.1, 0.15) is 19.3 Å². The van der Waals surface area contributed by atoms with Crippen molar-refractivity contribution in [3.63, 3.8) is 0 Å². The molecule has 3 amide bonds. The number of nitrogens with zero attached hydrogens (tertiary/aromatic N) is 2. The predicted molar refractivity (Wildman–Crippen MR) is 85.2 cm³/mol. The summed E-state index contributed by atoms with van der Waals surface area (Å²) in [5.74, 6) is 0.475. The number of hydrogen-bond acceptors (Lipinski definition) is 4. The molecule has 0 aromatic carbocycles. The molecule has 7 unspecified atom stereocenters. The van der Waals surface area contributed by atoms with Crippen LogP contribution in [-0.4, -0.2) is 53.2 Å². The maximum absolute atomic E-state index is 12.7.